The van der Waals surface area contributed by atoms with Gasteiger partial charge in [-0.1, -0.05) is 27.7 Å². The summed E-state index contributed by atoms with van der Waals surface area (Å²) in [5.74, 6) is 0.345. The van der Waals surface area contributed by atoms with E-state index in [0.717, 1.165) is 6.42 Å². The van der Waals surface area contributed by atoms with Crippen LogP contribution >= 0.6 is 0 Å². The zero-order chi connectivity index (χ0) is 11.4. The molecule has 1 nitrogen and oxygen atoms in total. The van der Waals surface area contributed by atoms with Gasteiger partial charge in [-0.15, -0.1) is 13.2 Å². The smallest absolute Gasteiger partial charge is 0.288 e. The molecule has 0 aliphatic heterocycles. The van der Waals surface area contributed by atoms with E-state index in [2.05, 4.69) is 4.74 Å². The predicted octanol–water partition coefficient (Wildman–Crippen LogP) is 3.98. The predicted molar refractivity (Wildman–Crippen MR) is 49.8 cm³/mol. The van der Waals surface area contributed by atoms with E-state index in [-0.39, 0.29) is 5.92 Å². The second-order valence-corrected chi connectivity index (χ2v) is 4.12. The van der Waals surface area contributed by atoms with Crippen molar-refractivity contribution < 1.29 is 17.9 Å². The van der Waals surface area contributed by atoms with Gasteiger partial charge in [0.25, 0.3) is 0 Å². The lowest BCUT2D eigenvalue weighted by Crippen LogP contribution is -2.29. The minimum absolute atomic E-state index is 0.0541. The van der Waals surface area contributed by atoms with E-state index in [4.69, 9.17) is 0 Å². The fraction of sp³-hybridized carbons (Fsp3) is 1.00. The Hall–Kier alpha value is -0.250. The average Bonchev–Trinajstić information content (AvgIpc) is 1.96. The van der Waals surface area contributed by atoms with Gasteiger partial charge in [0.2, 0.25) is 0 Å². The third kappa shape index (κ3) is 6.24. The average molecular weight is 212 g/mol. The molecule has 0 aromatic carbocycles. The van der Waals surface area contributed by atoms with E-state index in [1.54, 1.807) is 13.8 Å². The Morgan fingerprint density at radius 2 is 1.64 bits per heavy atom. The zero-order valence-corrected chi connectivity index (χ0v) is 9.19. The van der Waals surface area contributed by atoms with Crippen LogP contribution in [0.5, 0.6) is 0 Å². The monoisotopic (exact) mass is 212 g/mol. The first-order chi connectivity index (χ1) is 6.26. The van der Waals surface area contributed by atoms with Crippen molar-refractivity contribution in [2.75, 3.05) is 0 Å². The van der Waals surface area contributed by atoms with Crippen molar-refractivity contribution >= 4 is 0 Å². The highest BCUT2D eigenvalue weighted by Gasteiger charge is 2.34. The van der Waals surface area contributed by atoms with Gasteiger partial charge in [-0.25, -0.2) is 0 Å². The number of hydrogen-bond donors (Lipinski definition) is 0. The summed E-state index contributed by atoms with van der Waals surface area (Å²) in [5, 5.41) is 0. The Kier molecular flexibility index (Phi) is 5.49. The molecule has 0 N–H and O–H groups in total. The first-order valence-corrected chi connectivity index (χ1v) is 5.00. The minimum atomic E-state index is -4.51. The van der Waals surface area contributed by atoms with E-state index in [9.17, 15) is 13.2 Å². The Morgan fingerprint density at radius 1 is 1.14 bits per heavy atom. The van der Waals surface area contributed by atoms with Gasteiger partial charge in [0, 0.05) is 0 Å². The van der Waals surface area contributed by atoms with Crippen molar-refractivity contribution in [1.29, 1.82) is 0 Å². The lowest BCUT2D eigenvalue weighted by molar-refractivity contribution is -0.348. The van der Waals surface area contributed by atoms with Gasteiger partial charge < -0.3 is 0 Å². The number of halogens is 3. The summed E-state index contributed by atoms with van der Waals surface area (Å²) in [7, 11) is 0. The first kappa shape index (κ1) is 13.8. The molecule has 0 saturated heterocycles. The molecule has 0 heterocycles. The van der Waals surface area contributed by atoms with Crippen LogP contribution in [0.25, 0.3) is 0 Å². The van der Waals surface area contributed by atoms with E-state index in [1.165, 1.54) is 0 Å². The highest BCUT2D eigenvalue weighted by atomic mass is 19.4. The van der Waals surface area contributed by atoms with Gasteiger partial charge in [-0.2, -0.15) is 0 Å². The van der Waals surface area contributed by atoms with Crippen LogP contribution in [-0.2, 0) is 4.74 Å². The molecule has 2 atom stereocenters. The molecule has 0 radical (unpaired) electrons. The van der Waals surface area contributed by atoms with Crippen molar-refractivity contribution in [3.8, 4) is 0 Å². The summed E-state index contributed by atoms with van der Waals surface area (Å²) in [5.41, 5.74) is 0. The molecule has 86 valence electrons. The van der Waals surface area contributed by atoms with Gasteiger partial charge in [0.05, 0.1) is 6.10 Å². The summed E-state index contributed by atoms with van der Waals surface area (Å²) < 4.78 is 40.0. The van der Waals surface area contributed by atoms with Crippen LogP contribution in [0.15, 0.2) is 0 Å². The van der Waals surface area contributed by atoms with Crippen LogP contribution in [-0.4, -0.2) is 12.5 Å². The van der Waals surface area contributed by atoms with Crippen LogP contribution in [0.1, 0.15) is 40.5 Å². The van der Waals surface area contributed by atoms with Crippen molar-refractivity contribution in [2.24, 2.45) is 11.8 Å². The zero-order valence-electron chi connectivity index (χ0n) is 9.19. The summed E-state index contributed by atoms with van der Waals surface area (Å²) >= 11 is 0. The second-order valence-electron chi connectivity index (χ2n) is 4.12. The highest BCUT2D eigenvalue weighted by molar-refractivity contribution is 4.67. The van der Waals surface area contributed by atoms with Crippen LogP contribution in [0.2, 0.25) is 0 Å². The molecule has 0 aromatic heterocycles. The molecular formula is C10H19F3O. The standard InChI is InChI=1S/C10H19F3O/c1-5-9(14-10(11,12)13)8(4)6-7(2)3/h7-9H,5-6H2,1-4H3. The Balaban J connectivity index is 4.12. The maximum absolute atomic E-state index is 12.0. The number of ether oxygens (including phenoxy) is 1. The molecule has 0 bridgehead atoms. The number of hydrogen-bond acceptors (Lipinski definition) is 1. The van der Waals surface area contributed by atoms with Crippen LogP contribution < -0.4 is 0 Å². The Labute approximate surface area is 83.6 Å². The molecule has 0 aromatic rings. The van der Waals surface area contributed by atoms with Crippen molar-refractivity contribution in [2.45, 2.75) is 53.0 Å². The topological polar surface area (TPSA) is 9.23 Å². The largest absolute Gasteiger partial charge is 0.522 e. The lowest BCUT2D eigenvalue weighted by Gasteiger charge is -2.25. The van der Waals surface area contributed by atoms with Gasteiger partial charge in [-0.05, 0) is 24.7 Å². The van der Waals surface area contributed by atoms with E-state index in [1.807, 2.05) is 13.8 Å². The SMILES string of the molecule is CCC(OC(F)(F)F)C(C)CC(C)C. The quantitative estimate of drug-likeness (QED) is 0.669. The maximum atomic E-state index is 12.0. The van der Waals surface area contributed by atoms with Gasteiger partial charge >= 0.3 is 6.36 Å². The van der Waals surface area contributed by atoms with Gasteiger partial charge in [-0.3, -0.25) is 4.74 Å². The molecule has 14 heavy (non-hydrogen) atoms. The summed E-state index contributed by atoms with van der Waals surface area (Å²) in [6.45, 7) is 7.51. The normalized spacial score (nSPS) is 17.1. The van der Waals surface area contributed by atoms with Crippen LogP contribution in [0.4, 0.5) is 13.2 Å². The lowest BCUT2D eigenvalue weighted by atomic mass is 9.92. The summed E-state index contributed by atoms with van der Waals surface area (Å²) in [4.78, 5) is 0. The Morgan fingerprint density at radius 3 is 1.93 bits per heavy atom. The van der Waals surface area contributed by atoms with E-state index in [0.29, 0.717) is 12.3 Å². The molecule has 0 saturated carbocycles. The van der Waals surface area contributed by atoms with Crippen LogP contribution in [0.3, 0.4) is 0 Å². The third-order valence-corrected chi connectivity index (χ3v) is 2.17. The fourth-order valence-electron chi connectivity index (χ4n) is 1.67. The summed E-state index contributed by atoms with van der Waals surface area (Å²) in [6.07, 6.45) is -4.06. The highest BCUT2D eigenvalue weighted by Crippen LogP contribution is 2.27. The van der Waals surface area contributed by atoms with E-state index < -0.39 is 12.5 Å². The van der Waals surface area contributed by atoms with E-state index >= 15 is 0 Å². The first-order valence-electron chi connectivity index (χ1n) is 5.00. The molecule has 0 aliphatic carbocycles. The summed E-state index contributed by atoms with van der Waals surface area (Å²) in [6, 6.07) is 0. The molecule has 4 heteroatoms. The second kappa shape index (κ2) is 5.59. The van der Waals surface area contributed by atoms with Crippen LogP contribution in [0, 0.1) is 11.8 Å². The third-order valence-electron chi connectivity index (χ3n) is 2.17. The van der Waals surface area contributed by atoms with Crippen molar-refractivity contribution in [1.82, 2.24) is 0 Å². The minimum Gasteiger partial charge on any atom is -0.288 e. The molecule has 0 rings (SSSR count). The number of rotatable bonds is 5. The van der Waals surface area contributed by atoms with Gasteiger partial charge in [0.15, 0.2) is 0 Å². The Bertz CT molecular complexity index is 154. The molecular weight excluding hydrogens is 193 g/mol. The molecule has 2 unspecified atom stereocenters. The molecule has 0 spiro atoms. The fourth-order valence-corrected chi connectivity index (χ4v) is 1.67. The van der Waals surface area contributed by atoms with Crippen molar-refractivity contribution in [3.63, 3.8) is 0 Å². The van der Waals surface area contributed by atoms with Crippen molar-refractivity contribution in [3.05, 3.63) is 0 Å². The maximum Gasteiger partial charge on any atom is 0.522 e. The number of alkyl halides is 3. The molecule has 0 aliphatic rings. The molecule has 0 amide bonds. The van der Waals surface area contributed by atoms with Gasteiger partial charge in [0.1, 0.15) is 0 Å². The molecule has 0 fully saturated rings.